The van der Waals surface area contributed by atoms with E-state index < -0.39 is 0 Å². The summed E-state index contributed by atoms with van der Waals surface area (Å²) in [5.41, 5.74) is 6.69. The van der Waals surface area contributed by atoms with E-state index in [1.165, 1.54) is 10.9 Å². The normalized spacial score (nSPS) is 11.6. The van der Waals surface area contributed by atoms with Crippen molar-refractivity contribution in [3.63, 3.8) is 0 Å². The van der Waals surface area contributed by atoms with Crippen LogP contribution in [0.3, 0.4) is 0 Å². The number of fused-ring (bicyclic) bond motifs is 6. The first kappa shape index (κ1) is 25.3. The molecule has 9 aromatic rings. The quantitative estimate of drug-likeness (QED) is 0.209. The molecule has 0 radical (unpaired) electrons. The van der Waals surface area contributed by atoms with Crippen molar-refractivity contribution in [1.82, 2.24) is 19.9 Å². The van der Waals surface area contributed by atoms with Crippen LogP contribution < -0.4 is 0 Å². The molecule has 0 saturated heterocycles. The van der Waals surface area contributed by atoms with Crippen LogP contribution in [0.4, 0.5) is 0 Å². The molecule has 0 unspecified atom stereocenters. The molecule has 0 aliphatic heterocycles. The van der Waals surface area contributed by atoms with E-state index in [0.29, 0.717) is 17.5 Å². The maximum atomic E-state index is 6.32. The first-order valence-corrected chi connectivity index (χ1v) is 14.9. The highest BCUT2D eigenvalue weighted by molar-refractivity contribution is 6.17. The van der Waals surface area contributed by atoms with Crippen molar-refractivity contribution < 1.29 is 4.42 Å². The Kier molecular flexibility index (Phi) is 5.74. The molecule has 0 spiro atoms. The van der Waals surface area contributed by atoms with Gasteiger partial charge in [0, 0.05) is 39.0 Å². The molecule has 0 aliphatic rings. The van der Waals surface area contributed by atoms with E-state index in [-0.39, 0.29) is 0 Å². The maximum Gasteiger partial charge on any atom is 0.164 e. The zero-order valence-corrected chi connectivity index (χ0v) is 24.1. The van der Waals surface area contributed by atoms with Crippen LogP contribution >= 0.6 is 0 Å². The van der Waals surface area contributed by atoms with Gasteiger partial charge in [0.25, 0.3) is 0 Å². The minimum atomic E-state index is 0.609. The predicted octanol–water partition coefficient (Wildman–Crippen LogP) is 10.1. The third kappa shape index (κ3) is 4.33. The fourth-order valence-electron chi connectivity index (χ4n) is 6.17. The molecular weight excluding hydrogens is 552 g/mol. The minimum absolute atomic E-state index is 0.609. The number of aromatic nitrogens is 4. The average molecular weight is 577 g/mol. The smallest absolute Gasteiger partial charge is 0.164 e. The van der Waals surface area contributed by atoms with E-state index in [2.05, 4.69) is 120 Å². The van der Waals surface area contributed by atoms with Crippen molar-refractivity contribution in [2.45, 2.75) is 0 Å². The second kappa shape index (κ2) is 10.2. The molecule has 9 rings (SSSR count). The van der Waals surface area contributed by atoms with Gasteiger partial charge in [0.1, 0.15) is 5.58 Å². The molecule has 0 bridgehead atoms. The van der Waals surface area contributed by atoms with Crippen LogP contribution in [-0.2, 0) is 0 Å². The second-order valence-electron chi connectivity index (χ2n) is 11.1. The van der Waals surface area contributed by atoms with Gasteiger partial charge in [-0.05, 0) is 45.5 Å². The summed E-state index contributed by atoms with van der Waals surface area (Å²) in [6.07, 6.45) is 3.56. The summed E-state index contributed by atoms with van der Waals surface area (Å²) in [4.78, 5) is 19.4. The maximum absolute atomic E-state index is 6.32. The second-order valence-corrected chi connectivity index (χ2v) is 11.1. The molecule has 0 N–H and O–H groups in total. The number of benzene rings is 6. The van der Waals surface area contributed by atoms with Gasteiger partial charge in [0.15, 0.2) is 23.1 Å². The molecule has 3 aromatic heterocycles. The molecule has 5 nitrogen and oxygen atoms in total. The number of hydrogen-bond acceptors (Lipinski definition) is 5. The molecule has 5 heteroatoms. The molecule has 0 saturated carbocycles. The lowest BCUT2D eigenvalue weighted by atomic mass is 10.0. The summed E-state index contributed by atoms with van der Waals surface area (Å²) in [6, 6.07) is 45.9. The Bertz CT molecular complexity index is 2540. The first-order valence-electron chi connectivity index (χ1n) is 14.9. The third-order valence-electron chi connectivity index (χ3n) is 8.43. The van der Waals surface area contributed by atoms with Crippen LogP contribution in [0.15, 0.2) is 150 Å². The van der Waals surface area contributed by atoms with Crippen molar-refractivity contribution in [3.05, 3.63) is 146 Å². The zero-order valence-electron chi connectivity index (χ0n) is 24.1. The van der Waals surface area contributed by atoms with Crippen LogP contribution in [0.5, 0.6) is 0 Å². The molecule has 6 aromatic carbocycles. The lowest BCUT2D eigenvalue weighted by molar-refractivity contribution is 0.670. The number of nitrogens with zero attached hydrogens (tertiary/aromatic N) is 4. The monoisotopic (exact) mass is 576 g/mol. The van der Waals surface area contributed by atoms with Gasteiger partial charge in [-0.15, -0.1) is 0 Å². The zero-order chi connectivity index (χ0) is 29.7. The van der Waals surface area contributed by atoms with Crippen molar-refractivity contribution in [2.24, 2.45) is 0 Å². The topological polar surface area (TPSA) is 64.7 Å². The summed E-state index contributed by atoms with van der Waals surface area (Å²) in [5.74, 6) is 1.86. The molecular formula is C40H24N4O. The number of furan rings is 1. The average Bonchev–Trinajstić information content (AvgIpc) is 3.51. The van der Waals surface area contributed by atoms with Gasteiger partial charge in [-0.2, -0.15) is 0 Å². The van der Waals surface area contributed by atoms with Crippen molar-refractivity contribution in [2.75, 3.05) is 0 Å². The van der Waals surface area contributed by atoms with Crippen LogP contribution in [0.25, 0.3) is 88.8 Å². The summed E-state index contributed by atoms with van der Waals surface area (Å²) in [6.45, 7) is 0. The Morgan fingerprint density at radius 1 is 0.422 bits per heavy atom. The fourth-order valence-corrected chi connectivity index (χ4v) is 6.17. The minimum Gasteiger partial charge on any atom is -0.454 e. The van der Waals surface area contributed by atoms with Gasteiger partial charge in [0.2, 0.25) is 0 Å². The van der Waals surface area contributed by atoms with E-state index in [9.17, 15) is 0 Å². The fraction of sp³-hybridized carbons (Fsp3) is 0. The van der Waals surface area contributed by atoms with Crippen molar-refractivity contribution >= 4 is 43.5 Å². The molecule has 3 heterocycles. The van der Waals surface area contributed by atoms with Gasteiger partial charge in [-0.3, -0.25) is 4.98 Å². The summed E-state index contributed by atoms with van der Waals surface area (Å²) < 4.78 is 6.32. The van der Waals surface area contributed by atoms with Gasteiger partial charge in [0.05, 0.1) is 6.20 Å². The highest BCUT2D eigenvalue weighted by Gasteiger charge is 2.17. The van der Waals surface area contributed by atoms with E-state index in [4.69, 9.17) is 19.4 Å². The highest BCUT2D eigenvalue weighted by atomic mass is 16.3. The summed E-state index contributed by atoms with van der Waals surface area (Å²) in [7, 11) is 0. The van der Waals surface area contributed by atoms with Crippen molar-refractivity contribution in [1.29, 1.82) is 0 Å². The largest absolute Gasteiger partial charge is 0.454 e. The van der Waals surface area contributed by atoms with E-state index in [0.717, 1.165) is 60.4 Å². The SMILES string of the molecule is c1ccc(-c2ccc(-c3nc(-c4ccc5ccccc5c4)nc(-c4cccc5c4ccc4c6ccncc6oc54)n3)cc2)cc1. The Hall–Kier alpha value is -6.20. The van der Waals surface area contributed by atoms with Crippen LogP contribution in [0, 0.1) is 0 Å². The summed E-state index contributed by atoms with van der Waals surface area (Å²) >= 11 is 0. The van der Waals surface area contributed by atoms with Gasteiger partial charge in [-0.25, -0.2) is 15.0 Å². The van der Waals surface area contributed by atoms with Crippen LogP contribution in [0.1, 0.15) is 0 Å². The van der Waals surface area contributed by atoms with Gasteiger partial charge in [-0.1, -0.05) is 115 Å². The molecule has 0 aliphatic carbocycles. The number of pyridine rings is 1. The van der Waals surface area contributed by atoms with Gasteiger partial charge < -0.3 is 4.42 Å². The van der Waals surface area contributed by atoms with E-state index in [1.54, 1.807) is 12.4 Å². The molecule has 210 valence electrons. The predicted molar refractivity (Wildman–Crippen MR) is 182 cm³/mol. The Labute approximate surface area is 258 Å². The Morgan fingerprint density at radius 2 is 1.09 bits per heavy atom. The lowest BCUT2D eigenvalue weighted by Gasteiger charge is -2.11. The molecule has 45 heavy (non-hydrogen) atoms. The summed E-state index contributed by atoms with van der Waals surface area (Å²) in [5, 5.41) is 6.43. The Morgan fingerprint density at radius 3 is 1.96 bits per heavy atom. The standard InChI is InChI=1S/C40H24N4O/c1-2-7-25(8-3-1)27-13-16-28(17-14-27)38-42-39(30-18-15-26-9-4-5-10-29(26)23-30)44-40(43-38)35-12-6-11-33-31(35)19-20-34-32-21-22-41-24-36(32)45-37(33)34/h1-24H. The molecule has 0 amide bonds. The molecule has 0 atom stereocenters. The lowest BCUT2D eigenvalue weighted by Crippen LogP contribution is -2.00. The van der Waals surface area contributed by atoms with Gasteiger partial charge >= 0.3 is 0 Å². The third-order valence-corrected chi connectivity index (χ3v) is 8.43. The van der Waals surface area contributed by atoms with Crippen molar-refractivity contribution in [3.8, 4) is 45.3 Å². The number of hydrogen-bond donors (Lipinski definition) is 0. The highest BCUT2D eigenvalue weighted by Crippen LogP contribution is 2.37. The Balaban J connectivity index is 1.25. The van der Waals surface area contributed by atoms with Crippen LogP contribution in [0.2, 0.25) is 0 Å². The number of rotatable bonds is 4. The van der Waals surface area contributed by atoms with E-state index in [1.807, 2.05) is 18.2 Å². The van der Waals surface area contributed by atoms with Crippen LogP contribution in [-0.4, -0.2) is 19.9 Å². The first-order chi connectivity index (χ1) is 22.3. The van der Waals surface area contributed by atoms with E-state index >= 15 is 0 Å². The molecule has 0 fully saturated rings.